The lowest BCUT2D eigenvalue weighted by molar-refractivity contribution is -0.123. The van der Waals surface area contributed by atoms with E-state index >= 15 is 0 Å². The monoisotopic (exact) mass is 966 g/mol. The van der Waals surface area contributed by atoms with Crippen LogP contribution in [-0.2, 0) is 4.79 Å². The maximum Gasteiger partial charge on any atom is 0.220 e. The zero-order valence-electron chi connectivity index (χ0n) is 46.8. The van der Waals surface area contributed by atoms with Crippen molar-refractivity contribution in [2.75, 3.05) is 6.61 Å². The molecular formula is C65H123NO3. The summed E-state index contributed by atoms with van der Waals surface area (Å²) in [4.78, 5) is 12.5. The second-order valence-electron chi connectivity index (χ2n) is 21.5. The van der Waals surface area contributed by atoms with E-state index in [0.717, 1.165) is 38.5 Å². The first-order valence-electron chi connectivity index (χ1n) is 31.4. The molecule has 0 aliphatic rings. The van der Waals surface area contributed by atoms with Crippen LogP contribution in [0.25, 0.3) is 0 Å². The molecule has 0 saturated carbocycles. The van der Waals surface area contributed by atoms with Crippen LogP contribution in [0.5, 0.6) is 0 Å². The predicted molar refractivity (Wildman–Crippen MR) is 308 cm³/mol. The van der Waals surface area contributed by atoms with Crippen LogP contribution >= 0.6 is 0 Å². The number of unbranched alkanes of at least 4 members (excludes halogenated alkanes) is 45. The second-order valence-corrected chi connectivity index (χ2v) is 21.5. The van der Waals surface area contributed by atoms with Crippen molar-refractivity contribution in [3.05, 3.63) is 48.6 Å². The minimum atomic E-state index is -0.871. The molecule has 69 heavy (non-hydrogen) atoms. The van der Waals surface area contributed by atoms with E-state index in [1.54, 1.807) is 6.08 Å². The fourth-order valence-corrected chi connectivity index (χ4v) is 9.74. The van der Waals surface area contributed by atoms with Crippen molar-refractivity contribution in [3.8, 4) is 0 Å². The molecule has 0 aromatic rings. The molecule has 0 aromatic carbocycles. The first-order chi connectivity index (χ1) is 34.2. The van der Waals surface area contributed by atoms with Crippen LogP contribution in [0.3, 0.4) is 0 Å². The summed E-state index contributed by atoms with van der Waals surface area (Å²) in [6.07, 6.45) is 84.5. The van der Waals surface area contributed by atoms with Gasteiger partial charge in [0.2, 0.25) is 5.91 Å². The Bertz CT molecular complexity index is 1090. The molecule has 0 bridgehead atoms. The number of rotatable bonds is 58. The Labute approximate surface area is 433 Å². The first-order valence-corrected chi connectivity index (χ1v) is 31.4. The molecule has 0 aromatic heterocycles. The zero-order chi connectivity index (χ0) is 49.9. The van der Waals surface area contributed by atoms with Gasteiger partial charge in [-0.3, -0.25) is 4.79 Å². The summed E-state index contributed by atoms with van der Waals surface area (Å²) in [5, 5.41) is 23.2. The van der Waals surface area contributed by atoms with Crippen molar-refractivity contribution in [2.24, 2.45) is 0 Å². The van der Waals surface area contributed by atoms with Crippen molar-refractivity contribution >= 4 is 5.91 Å². The van der Waals surface area contributed by atoms with Crippen molar-refractivity contribution < 1.29 is 15.0 Å². The number of hydrogen-bond donors (Lipinski definition) is 3. The van der Waals surface area contributed by atoms with Gasteiger partial charge in [-0.1, -0.05) is 313 Å². The maximum absolute atomic E-state index is 12.5. The molecule has 0 fully saturated rings. The molecule has 1 amide bonds. The van der Waals surface area contributed by atoms with Gasteiger partial charge in [-0.05, 0) is 70.6 Å². The summed E-state index contributed by atoms with van der Waals surface area (Å²) in [6.45, 7) is 4.33. The van der Waals surface area contributed by atoms with Gasteiger partial charge in [-0.2, -0.15) is 0 Å². The fourth-order valence-electron chi connectivity index (χ4n) is 9.74. The van der Waals surface area contributed by atoms with Crippen LogP contribution in [0.1, 0.15) is 341 Å². The van der Waals surface area contributed by atoms with Crippen LogP contribution in [-0.4, -0.2) is 34.9 Å². The number of carbonyl (C=O) groups excluding carboxylic acids is 1. The Balaban J connectivity index is 3.50. The molecule has 0 rings (SSSR count). The summed E-state index contributed by atoms with van der Waals surface area (Å²) in [7, 11) is 0. The summed E-state index contributed by atoms with van der Waals surface area (Å²) in [5.41, 5.74) is 0. The molecule has 0 saturated heterocycles. The molecule has 406 valence electrons. The van der Waals surface area contributed by atoms with E-state index < -0.39 is 12.1 Å². The molecule has 0 aliphatic carbocycles. The largest absolute Gasteiger partial charge is 0.394 e. The van der Waals surface area contributed by atoms with Gasteiger partial charge in [-0.15, -0.1) is 0 Å². The van der Waals surface area contributed by atoms with Crippen LogP contribution in [0.4, 0.5) is 0 Å². The van der Waals surface area contributed by atoms with Gasteiger partial charge >= 0.3 is 0 Å². The maximum atomic E-state index is 12.5. The molecule has 2 unspecified atom stereocenters. The van der Waals surface area contributed by atoms with Gasteiger partial charge in [0.15, 0.2) is 0 Å². The van der Waals surface area contributed by atoms with E-state index in [1.807, 2.05) is 6.08 Å². The fraction of sp³-hybridized carbons (Fsp3) is 0.862. The van der Waals surface area contributed by atoms with Crippen molar-refractivity contribution in [1.29, 1.82) is 0 Å². The number of aliphatic hydroxyl groups excluding tert-OH is 2. The summed E-state index contributed by atoms with van der Waals surface area (Å²) in [5.74, 6) is -0.0723. The number of carbonyl (C=O) groups is 1. The lowest BCUT2D eigenvalue weighted by atomic mass is 10.0. The molecule has 3 N–H and O–H groups in total. The molecule has 0 aliphatic heterocycles. The molecular weight excluding hydrogens is 843 g/mol. The number of nitrogens with one attached hydrogen (secondary N) is 1. The summed E-state index contributed by atoms with van der Waals surface area (Å²) >= 11 is 0. The molecule has 0 radical (unpaired) electrons. The third-order valence-corrected chi connectivity index (χ3v) is 14.5. The summed E-state index contributed by atoms with van der Waals surface area (Å²) in [6, 6.07) is -0.646. The number of hydrogen-bond acceptors (Lipinski definition) is 3. The van der Waals surface area contributed by atoms with Crippen molar-refractivity contribution in [3.63, 3.8) is 0 Å². The number of aliphatic hydroxyl groups is 2. The average molecular weight is 967 g/mol. The molecule has 0 heterocycles. The van der Waals surface area contributed by atoms with Crippen molar-refractivity contribution in [2.45, 2.75) is 353 Å². The van der Waals surface area contributed by atoms with Crippen LogP contribution in [0, 0.1) is 0 Å². The smallest absolute Gasteiger partial charge is 0.220 e. The van der Waals surface area contributed by atoms with E-state index in [1.165, 1.54) is 283 Å². The van der Waals surface area contributed by atoms with E-state index in [2.05, 4.69) is 55.6 Å². The topological polar surface area (TPSA) is 69.6 Å². The Morgan fingerprint density at radius 1 is 0.333 bits per heavy atom. The van der Waals surface area contributed by atoms with E-state index in [9.17, 15) is 15.0 Å². The quantitative estimate of drug-likeness (QED) is 0.0420. The highest BCUT2D eigenvalue weighted by Crippen LogP contribution is 2.17. The highest BCUT2D eigenvalue weighted by Gasteiger charge is 2.18. The predicted octanol–water partition coefficient (Wildman–Crippen LogP) is 21.0. The Morgan fingerprint density at radius 3 is 0.841 bits per heavy atom. The number of allylic oxidation sites excluding steroid dienone is 7. The van der Waals surface area contributed by atoms with Crippen LogP contribution in [0.2, 0.25) is 0 Å². The standard InChI is InChI=1S/C65H123NO3/c1-3-5-7-9-11-13-15-17-19-21-23-25-27-29-31-32-33-34-35-37-39-41-43-45-47-49-51-53-55-57-59-61-65(69)66-63(62-67)64(68)60-58-56-54-52-50-48-46-44-42-40-38-36-30-28-26-24-22-20-18-16-14-12-10-8-6-4-2/h21,23,42,44,50,52,58,60,63-64,67-68H,3-20,22,24-41,43,45-49,51,53-57,59,61-62H2,1-2H3,(H,66,69)/b23-21-,44-42+,52-50+,60-58+. The zero-order valence-corrected chi connectivity index (χ0v) is 46.8. The minimum absolute atomic E-state index is 0.0723. The lowest BCUT2D eigenvalue weighted by Gasteiger charge is -2.19. The molecule has 0 spiro atoms. The molecule has 2 atom stereocenters. The Hall–Kier alpha value is -1.65. The van der Waals surface area contributed by atoms with E-state index in [4.69, 9.17) is 0 Å². The SMILES string of the molecule is CCCCCCCCCC/C=C\CCCCCCCCCCCCCCCCCCCCCC(=O)NC(CO)C(O)/C=C/CC/C=C/CC/C=C/CCCCCCCCCCCCCCCCCC. The Morgan fingerprint density at radius 2 is 0.565 bits per heavy atom. The first kappa shape index (κ1) is 67.3. The lowest BCUT2D eigenvalue weighted by Crippen LogP contribution is -2.45. The minimum Gasteiger partial charge on any atom is -0.394 e. The van der Waals surface area contributed by atoms with Gasteiger partial charge in [0.1, 0.15) is 0 Å². The highest BCUT2D eigenvalue weighted by molar-refractivity contribution is 5.76. The van der Waals surface area contributed by atoms with Crippen LogP contribution in [0.15, 0.2) is 48.6 Å². The molecule has 4 heteroatoms. The Kier molecular flexibility index (Phi) is 59.2. The highest BCUT2D eigenvalue weighted by atomic mass is 16.3. The normalized spacial score (nSPS) is 13.0. The van der Waals surface area contributed by atoms with Gasteiger partial charge < -0.3 is 15.5 Å². The van der Waals surface area contributed by atoms with Gasteiger partial charge in [0, 0.05) is 6.42 Å². The summed E-state index contributed by atoms with van der Waals surface area (Å²) < 4.78 is 0. The molecule has 4 nitrogen and oxygen atoms in total. The average Bonchev–Trinajstić information content (AvgIpc) is 3.35. The van der Waals surface area contributed by atoms with Gasteiger partial charge in [-0.25, -0.2) is 0 Å². The third-order valence-electron chi connectivity index (χ3n) is 14.5. The van der Waals surface area contributed by atoms with E-state index in [0.29, 0.717) is 6.42 Å². The van der Waals surface area contributed by atoms with Crippen molar-refractivity contribution in [1.82, 2.24) is 5.32 Å². The van der Waals surface area contributed by atoms with Gasteiger partial charge in [0.05, 0.1) is 18.8 Å². The van der Waals surface area contributed by atoms with Gasteiger partial charge in [0.25, 0.3) is 0 Å². The van der Waals surface area contributed by atoms with E-state index in [-0.39, 0.29) is 12.5 Å². The second kappa shape index (κ2) is 60.7. The van der Waals surface area contributed by atoms with Crippen LogP contribution < -0.4 is 5.32 Å². The number of amides is 1. The third kappa shape index (κ3) is 57.1.